The molecule has 0 saturated carbocycles. The smallest absolute Gasteiger partial charge is 0.0601 e. The fourth-order valence-electron chi connectivity index (χ4n) is 2.10. The van der Waals surface area contributed by atoms with E-state index in [9.17, 15) is 0 Å². The third-order valence-corrected chi connectivity index (χ3v) is 3.44. The largest absolute Gasteiger partial charge is 0.287 e. The van der Waals surface area contributed by atoms with Crippen LogP contribution in [0.1, 0.15) is 0 Å². The summed E-state index contributed by atoms with van der Waals surface area (Å²) in [5.74, 6) is 0. The zero-order valence-electron chi connectivity index (χ0n) is 9.82. The van der Waals surface area contributed by atoms with Crippen molar-refractivity contribution in [1.29, 1.82) is 0 Å². The standard InChI is InChI=1S/C16H13NS/c18-17(14-9-2-1-3-10-14)16-12-6-8-13-7-4-5-11-15(13)16/h1-12,18H. The van der Waals surface area contributed by atoms with Crippen molar-refractivity contribution < 1.29 is 0 Å². The van der Waals surface area contributed by atoms with Gasteiger partial charge in [-0.25, -0.2) is 0 Å². The van der Waals surface area contributed by atoms with Crippen LogP contribution in [0.4, 0.5) is 11.4 Å². The summed E-state index contributed by atoms with van der Waals surface area (Å²) in [5.41, 5.74) is 2.17. The lowest BCUT2D eigenvalue weighted by atomic mass is 10.1. The van der Waals surface area contributed by atoms with Gasteiger partial charge in [0.2, 0.25) is 0 Å². The molecule has 3 rings (SSSR count). The number of nitrogens with zero attached hydrogens (tertiary/aromatic N) is 1. The molecule has 0 amide bonds. The molecule has 0 heterocycles. The Morgan fingerprint density at radius 1 is 0.667 bits per heavy atom. The Bertz CT molecular complexity index is 659. The van der Waals surface area contributed by atoms with Gasteiger partial charge in [0, 0.05) is 5.39 Å². The average molecular weight is 251 g/mol. The molecule has 0 fully saturated rings. The van der Waals surface area contributed by atoms with Gasteiger partial charge in [-0.3, -0.25) is 4.31 Å². The number of thiol groups is 1. The predicted octanol–water partition coefficient (Wildman–Crippen LogP) is 4.82. The summed E-state index contributed by atoms with van der Waals surface area (Å²) in [7, 11) is 0. The Labute approximate surface area is 112 Å². The van der Waals surface area contributed by atoms with E-state index in [2.05, 4.69) is 67.4 Å². The first-order valence-corrected chi connectivity index (χ1v) is 6.28. The highest BCUT2D eigenvalue weighted by Crippen LogP contribution is 2.33. The van der Waals surface area contributed by atoms with Crippen molar-refractivity contribution in [2.75, 3.05) is 4.31 Å². The van der Waals surface area contributed by atoms with Gasteiger partial charge in [-0.15, -0.1) is 0 Å². The lowest BCUT2D eigenvalue weighted by Gasteiger charge is -2.19. The first kappa shape index (κ1) is 11.2. The molecule has 0 aromatic heterocycles. The van der Waals surface area contributed by atoms with Crippen LogP contribution >= 0.6 is 12.8 Å². The van der Waals surface area contributed by atoms with Crippen molar-refractivity contribution >= 4 is 35.0 Å². The lowest BCUT2D eigenvalue weighted by molar-refractivity contribution is 1.46. The van der Waals surface area contributed by atoms with Crippen LogP contribution in [0.15, 0.2) is 72.8 Å². The first-order chi connectivity index (χ1) is 8.86. The molecular weight excluding hydrogens is 238 g/mol. The third kappa shape index (κ3) is 1.95. The molecule has 0 aliphatic heterocycles. The van der Waals surface area contributed by atoms with Gasteiger partial charge in [-0.1, -0.05) is 67.4 Å². The van der Waals surface area contributed by atoms with Crippen LogP contribution in [-0.4, -0.2) is 0 Å². The quantitative estimate of drug-likeness (QED) is 0.639. The van der Waals surface area contributed by atoms with Crippen LogP contribution in [0, 0.1) is 0 Å². The number of anilines is 2. The van der Waals surface area contributed by atoms with Gasteiger partial charge in [0.05, 0.1) is 11.4 Å². The van der Waals surface area contributed by atoms with Crippen LogP contribution < -0.4 is 4.31 Å². The van der Waals surface area contributed by atoms with E-state index in [1.54, 1.807) is 0 Å². The minimum Gasteiger partial charge on any atom is -0.287 e. The van der Waals surface area contributed by atoms with Gasteiger partial charge in [-0.05, 0) is 23.6 Å². The lowest BCUT2D eigenvalue weighted by Crippen LogP contribution is -2.02. The number of hydrogen-bond donors (Lipinski definition) is 1. The Balaban J connectivity index is 2.15. The van der Waals surface area contributed by atoms with Gasteiger partial charge in [0.15, 0.2) is 0 Å². The summed E-state index contributed by atoms with van der Waals surface area (Å²) in [4.78, 5) is 0. The SMILES string of the molecule is SN(c1ccccc1)c1cccc2ccccc12. The Morgan fingerprint density at radius 2 is 1.33 bits per heavy atom. The van der Waals surface area contributed by atoms with Crippen molar-refractivity contribution in [3.63, 3.8) is 0 Å². The van der Waals surface area contributed by atoms with E-state index in [0.29, 0.717) is 0 Å². The monoisotopic (exact) mass is 251 g/mol. The normalized spacial score (nSPS) is 10.5. The van der Waals surface area contributed by atoms with Crippen LogP contribution in [0.25, 0.3) is 10.8 Å². The van der Waals surface area contributed by atoms with Crippen molar-refractivity contribution in [3.05, 3.63) is 72.8 Å². The highest BCUT2D eigenvalue weighted by Gasteiger charge is 2.07. The Morgan fingerprint density at radius 3 is 2.17 bits per heavy atom. The maximum absolute atomic E-state index is 4.62. The van der Waals surface area contributed by atoms with Crippen molar-refractivity contribution in [2.24, 2.45) is 0 Å². The summed E-state index contributed by atoms with van der Waals surface area (Å²) < 4.78 is 1.92. The molecule has 0 atom stereocenters. The summed E-state index contributed by atoms with van der Waals surface area (Å²) in [6, 6.07) is 24.8. The van der Waals surface area contributed by atoms with E-state index in [4.69, 9.17) is 0 Å². The van der Waals surface area contributed by atoms with Gasteiger partial charge in [0.1, 0.15) is 0 Å². The minimum absolute atomic E-state index is 1.07. The molecule has 0 aliphatic rings. The van der Waals surface area contributed by atoms with E-state index in [1.807, 2.05) is 22.5 Å². The van der Waals surface area contributed by atoms with Gasteiger partial charge in [-0.2, -0.15) is 0 Å². The molecule has 0 unspecified atom stereocenters. The molecule has 0 saturated heterocycles. The Kier molecular flexibility index (Phi) is 2.95. The molecule has 1 nitrogen and oxygen atoms in total. The van der Waals surface area contributed by atoms with E-state index in [-0.39, 0.29) is 0 Å². The molecule has 18 heavy (non-hydrogen) atoms. The topological polar surface area (TPSA) is 3.24 Å². The maximum Gasteiger partial charge on any atom is 0.0601 e. The molecule has 0 N–H and O–H groups in total. The van der Waals surface area contributed by atoms with Crippen molar-refractivity contribution in [1.82, 2.24) is 0 Å². The molecule has 3 aromatic rings. The molecule has 0 bridgehead atoms. The zero-order chi connectivity index (χ0) is 12.4. The fourth-order valence-corrected chi connectivity index (χ4v) is 2.41. The number of fused-ring (bicyclic) bond motifs is 1. The summed E-state index contributed by atoms with van der Waals surface area (Å²) in [5, 5.41) is 2.43. The predicted molar refractivity (Wildman–Crippen MR) is 81.5 cm³/mol. The van der Waals surface area contributed by atoms with E-state index < -0.39 is 0 Å². The second-order valence-electron chi connectivity index (χ2n) is 4.15. The van der Waals surface area contributed by atoms with Crippen molar-refractivity contribution in [3.8, 4) is 0 Å². The second kappa shape index (κ2) is 4.75. The highest BCUT2D eigenvalue weighted by atomic mass is 32.1. The summed E-state index contributed by atoms with van der Waals surface area (Å²) >= 11 is 4.62. The van der Waals surface area contributed by atoms with E-state index in [0.717, 1.165) is 11.4 Å². The molecule has 2 heteroatoms. The molecule has 0 spiro atoms. The van der Waals surface area contributed by atoms with E-state index in [1.165, 1.54) is 10.8 Å². The van der Waals surface area contributed by atoms with Crippen LogP contribution in [0.3, 0.4) is 0 Å². The molecule has 0 aliphatic carbocycles. The van der Waals surface area contributed by atoms with Crippen LogP contribution in [0.2, 0.25) is 0 Å². The molecule has 88 valence electrons. The van der Waals surface area contributed by atoms with Gasteiger partial charge >= 0.3 is 0 Å². The summed E-state index contributed by atoms with van der Waals surface area (Å²) in [6.07, 6.45) is 0. The van der Waals surface area contributed by atoms with Crippen LogP contribution in [0.5, 0.6) is 0 Å². The van der Waals surface area contributed by atoms with Crippen molar-refractivity contribution in [2.45, 2.75) is 0 Å². The number of rotatable bonds is 2. The van der Waals surface area contributed by atoms with Gasteiger partial charge in [0.25, 0.3) is 0 Å². The van der Waals surface area contributed by atoms with Crippen LogP contribution in [-0.2, 0) is 0 Å². The van der Waals surface area contributed by atoms with Gasteiger partial charge < -0.3 is 0 Å². The maximum atomic E-state index is 4.62. The fraction of sp³-hybridized carbons (Fsp3) is 0. The average Bonchev–Trinajstić information content (AvgIpc) is 2.47. The summed E-state index contributed by atoms with van der Waals surface area (Å²) in [6.45, 7) is 0. The second-order valence-corrected chi connectivity index (χ2v) is 4.55. The van der Waals surface area contributed by atoms with E-state index >= 15 is 0 Å². The minimum atomic E-state index is 1.07. The number of para-hydroxylation sites is 1. The number of benzene rings is 3. The first-order valence-electron chi connectivity index (χ1n) is 5.88. The highest BCUT2D eigenvalue weighted by molar-refractivity contribution is 7.82. The molecule has 3 aromatic carbocycles. The molecule has 0 radical (unpaired) electrons. The number of hydrogen-bond acceptors (Lipinski definition) is 2. The third-order valence-electron chi connectivity index (χ3n) is 3.00. The molecular formula is C16H13NS. The Hall–Kier alpha value is -1.93. The zero-order valence-corrected chi connectivity index (χ0v) is 10.7.